The standard InChI is InChI=1S/C22H44N2O/c1-12-19(4,5)15-21(8,9)17(3)23-14-18(25)24-22(10,11)16-20(6,7)13-2/h23H,3,12-16H2,1-2,4-11H3,(H,24,25). The Balaban J connectivity index is 4.61. The van der Waals surface area contributed by atoms with Gasteiger partial charge in [0.25, 0.3) is 0 Å². The van der Waals surface area contributed by atoms with Gasteiger partial charge in [0.05, 0.1) is 6.54 Å². The van der Waals surface area contributed by atoms with Crippen LogP contribution in [0.25, 0.3) is 0 Å². The number of rotatable bonds is 11. The summed E-state index contributed by atoms with van der Waals surface area (Å²) in [7, 11) is 0. The van der Waals surface area contributed by atoms with Crippen LogP contribution in [0.4, 0.5) is 0 Å². The molecule has 25 heavy (non-hydrogen) atoms. The highest BCUT2D eigenvalue weighted by Gasteiger charge is 2.31. The molecule has 148 valence electrons. The summed E-state index contributed by atoms with van der Waals surface area (Å²) in [4.78, 5) is 12.4. The van der Waals surface area contributed by atoms with Crippen LogP contribution in [0.3, 0.4) is 0 Å². The van der Waals surface area contributed by atoms with E-state index in [-0.39, 0.29) is 34.2 Å². The smallest absolute Gasteiger partial charge is 0.239 e. The van der Waals surface area contributed by atoms with Crippen molar-refractivity contribution < 1.29 is 4.79 Å². The fourth-order valence-corrected chi connectivity index (χ4v) is 3.64. The van der Waals surface area contributed by atoms with Gasteiger partial charge in [-0.1, -0.05) is 74.8 Å². The second-order valence-electron chi connectivity index (χ2n) is 10.5. The zero-order valence-electron chi connectivity index (χ0n) is 18.7. The van der Waals surface area contributed by atoms with E-state index in [2.05, 4.69) is 86.4 Å². The van der Waals surface area contributed by atoms with Gasteiger partial charge in [-0.05, 0) is 37.5 Å². The van der Waals surface area contributed by atoms with Crippen LogP contribution in [0, 0.1) is 16.2 Å². The minimum atomic E-state index is -0.209. The van der Waals surface area contributed by atoms with E-state index < -0.39 is 0 Å². The molecule has 0 fully saturated rings. The van der Waals surface area contributed by atoms with E-state index in [1.54, 1.807) is 0 Å². The highest BCUT2D eigenvalue weighted by Crippen LogP contribution is 2.39. The molecule has 3 heteroatoms. The van der Waals surface area contributed by atoms with Crippen LogP contribution in [0.1, 0.15) is 94.9 Å². The van der Waals surface area contributed by atoms with Gasteiger partial charge in [-0.25, -0.2) is 0 Å². The lowest BCUT2D eigenvalue weighted by Gasteiger charge is -2.37. The van der Waals surface area contributed by atoms with Crippen molar-refractivity contribution in [2.75, 3.05) is 6.54 Å². The first kappa shape index (κ1) is 24.0. The number of nitrogens with one attached hydrogen (secondary N) is 2. The predicted octanol–water partition coefficient (Wildman–Crippen LogP) is 5.66. The fourth-order valence-electron chi connectivity index (χ4n) is 3.64. The molecular formula is C22H44N2O. The highest BCUT2D eigenvalue weighted by atomic mass is 16.2. The van der Waals surface area contributed by atoms with Gasteiger partial charge in [0.15, 0.2) is 0 Å². The van der Waals surface area contributed by atoms with E-state index in [1.165, 1.54) is 0 Å². The summed E-state index contributed by atoms with van der Waals surface area (Å²) in [6.07, 6.45) is 4.23. The Kier molecular flexibility index (Phi) is 8.26. The molecular weight excluding hydrogens is 308 g/mol. The Morgan fingerprint density at radius 3 is 1.72 bits per heavy atom. The zero-order chi connectivity index (χ0) is 20.1. The maximum atomic E-state index is 12.4. The highest BCUT2D eigenvalue weighted by molar-refractivity contribution is 5.79. The van der Waals surface area contributed by atoms with Crippen molar-refractivity contribution in [3.05, 3.63) is 12.3 Å². The van der Waals surface area contributed by atoms with Crippen molar-refractivity contribution >= 4 is 5.91 Å². The van der Waals surface area contributed by atoms with Crippen LogP contribution in [0.5, 0.6) is 0 Å². The molecule has 0 aromatic rings. The van der Waals surface area contributed by atoms with Gasteiger partial charge in [-0.15, -0.1) is 0 Å². The van der Waals surface area contributed by atoms with Gasteiger partial charge in [0.2, 0.25) is 5.91 Å². The van der Waals surface area contributed by atoms with Crippen molar-refractivity contribution in [1.29, 1.82) is 0 Å². The number of allylic oxidation sites excluding steroid dienone is 1. The van der Waals surface area contributed by atoms with Gasteiger partial charge < -0.3 is 10.6 Å². The molecule has 2 N–H and O–H groups in total. The van der Waals surface area contributed by atoms with E-state index >= 15 is 0 Å². The van der Waals surface area contributed by atoms with E-state index in [0.29, 0.717) is 0 Å². The van der Waals surface area contributed by atoms with Crippen LogP contribution in [-0.2, 0) is 4.79 Å². The first-order chi connectivity index (χ1) is 11.1. The molecule has 0 saturated carbocycles. The van der Waals surface area contributed by atoms with E-state index in [9.17, 15) is 4.79 Å². The largest absolute Gasteiger partial charge is 0.380 e. The SMILES string of the molecule is C=C(NCC(=O)NC(C)(C)CC(C)(C)CC)C(C)(C)CC(C)(C)CC. The third-order valence-corrected chi connectivity index (χ3v) is 5.51. The van der Waals surface area contributed by atoms with Crippen molar-refractivity contribution in [2.45, 2.75) is 100 Å². The molecule has 0 heterocycles. The van der Waals surface area contributed by atoms with Crippen LogP contribution in [-0.4, -0.2) is 18.0 Å². The normalized spacial score (nSPS) is 13.5. The molecule has 0 radical (unpaired) electrons. The molecule has 0 aromatic heterocycles. The second-order valence-corrected chi connectivity index (χ2v) is 10.5. The number of hydrogen-bond acceptors (Lipinski definition) is 2. The Labute approximate surface area is 157 Å². The molecule has 0 atom stereocenters. The molecule has 0 saturated heterocycles. The van der Waals surface area contributed by atoms with Crippen LogP contribution < -0.4 is 10.6 Å². The number of carbonyl (C=O) groups is 1. The summed E-state index contributed by atoms with van der Waals surface area (Å²) >= 11 is 0. The van der Waals surface area contributed by atoms with Gasteiger partial charge >= 0.3 is 0 Å². The zero-order valence-corrected chi connectivity index (χ0v) is 18.7. The van der Waals surface area contributed by atoms with E-state index in [4.69, 9.17) is 0 Å². The molecule has 0 aliphatic rings. The van der Waals surface area contributed by atoms with Gasteiger partial charge in [-0.3, -0.25) is 4.79 Å². The topological polar surface area (TPSA) is 41.1 Å². The molecule has 0 aliphatic carbocycles. The van der Waals surface area contributed by atoms with Crippen molar-refractivity contribution in [1.82, 2.24) is 10.6 Å². The Morgan fingerprint density at radius 1 is 0.840 bits per heavy atom. The fraction of sp³-hybridized carbons (Fsp3) is 0.864. The average molecular weight is 353 g/mol. The minimum absolute atomic E-state index is 0.0311. The summed E-state index contributed by atoms with van der Waals surface area (Å²) in [5.41, 5.74) is 1.18. The molecule has 0 aliphatic heterocycles. The molecule has 3 nitrogen and oxygen atoms in total. The Hall–Kier alpha value is -0.990. The third kappa shape index (κ3) is 9.32. The predicted molar refractivity (Wildman–Crippen MR) is 111 cm³/mol. The van der Waals surface area contributed by atoms with Gasteiger partial charge in [0, 0.05) is 16.7 Å². The molecule has 0 rings (SSSR count). The maximum absolute atomic E-state index is 12.4. The number of amides is 1. The average Bonchev–Trinajstić information content (AvgIpc) is 2.41. The van der Waals surface area contributed by atoms with Crippen LogP contribution in [0.2, 0.25) is 0 Å². The lowest BCUT2D eigenvalue weighted by Crippen LogP contribution is -2.49. The van der Waals surface area contributed by atoms with Crippen LogP contribution in [0.15, 0.2) is 12.3 Å². The van der Waals surface area contributed by atoms with E-state index in [1.807, 2.05) is 0 Å². The third-order valence-electron chi connectivity index (χ3n) is 5.51. The first-order valence-electron chi connectivity index (χ1n) is 9.80. The lowest BCUT2D eigenvalue weighted by molar-refractivity contribution is -0.122. The second kappa shape index (κ2) is 8.60. The number of hydrogen-bond donors (Lipinski definition) is 2. The first-order valence-corrected chi connectivity index (χ1v) is 9.80. The molecule has 0 unspecified atom stereocenters. The van der Waals surface area contributed by atoms with Gasteiger partial charge in [0.1, 0.15) is 0 Å². The van der Waals surface area contributed by atoms with Gasteiger partial charge in [-0.2, -0.15) is 0 Å². The summed E-state index contributed by atoms with van der Waals surface area (Å²) < 4.78 is 0. The molecule has 0 spiro atoms. The summed E-state index contributed by atoms with van der Waals surface area (Å²) in [5.74, 6) is 0.0311. The quantitative estimate of drug-likeness (QED) is 0.503. The maximum Gasteiger partial charge on any atom is 0.239 e. The lowest BCUT2D eigenvalue weighted by atomic mass is 9.72. The van der Waals surface area contributed by atoms with Crippen molar-refractivity contribution in [3.8, 4) is 0 Å². The summed E-state index contributed by atoms with van der Waals surface area (Å²) in [6, 6.07) is 0. The van der Waals surface area contributed by atoms with Crippen LogP contribution >= 0.6 is 0 Å². The van der Waals surface area contributed by atoms with Crippen molar-refractivity contribution in [3.63, 3.8) is 0 Å². The summed E-state index contributed by atoms with van der Waals surface area (Å²) in [5, 5.41) is 6.43. The number of carbonyl (C=O) groups excluding carboxylic acids is 1. The monoisotopic (exact) mass is 352 g/mol. The van der Waals surface area contributed by atoms with E-state index in [0.717, 1.165) is 31.4 Å². The Bertz CT molecular complexity index is 459. The molecule has 0 aromatic carbocycles. The molecule has 1 amide bonds. The minimum Gasteiger partial charge on any atom is -0.380 e. The Morgan fingerprint density at radius 2 is 1.28 bits per heavy atom. The summed E-state index contributed by atoms with van der Waals surface area (Å²) in [6.45, 7) is 26.6. The molecule has 0 bridgehead atoms. The van der Waals surface area contributed by atoms with Crippen molar-refractivity contribution in [2.24, 2.45) is 16.2 Å².